The summed E-state index contributed by atoms with van der Waals surface area (Å²) in [6.07, 6.45) is 0. The van der Waals surface area contributed by atoms with Gasteiger partial charge in [-0.2, -0.15) is 0 Å². The molecule has 0 saturated heterocycles. The largest absolute Gasteiger partial charge is 0.475 e. The number of carbonyl (C=O) groups is 1. The molecule has 0 saturated carbocycles. The van der Waals surface area contributed by atoms with E-state index in [9.17, 15) is 19.3 Å². The highest BCUT2D eigenvalue weighted by Gasteiger charge is 2.20. The topological polar surface area (TPSA) is 93.6 Å². The molecule has 1 N–H and O–H groups in total. The summed E-state index contributed by atoms with van der Waals surface area (Å²) in [6.45, 7) is 0. The van der Waals surface area contributed by atoms with E-state index in [1.165, 1.54) is 18.2 Å². The second-order valence-corrected chi connectivity index (χ2v) is 5.42. The van der Waals surface area contributed by atoms with Crippen molar-refractivity contribution >= 4 is 39.3 Å². The number of furan rings is 1. The minimum Gasteiger partial charge on any atom is -0.475 e. The highest BCUT2D eigenvalue weighted by Crippen LogP contribution is 2.38. The lowest BCUT2D eigenvalue weighted by Gasteiger charge is -2.02. The zero-order valence-corrected chi connectivity index (χ0v) is 11.9. The van der Waals surface area contributed by atoms with E-state index in [1.807, 2.05) is 0 Å². The van der Waals surface area contributed by atoms with Crippen molar-refractivity contribution in [3.05, 3.63) is 50.4 Å². The van der Waals surface area contributed by atoms with E-state index in [2.05, 4.69) is 15.9 Å². The van der Waals surface area contributed by atoms with Gasteiger partial charge in [-0.25, -0.2) is 9.18 Å². The van der Waals surface area contributed by atoms with Gasteiger partial charge >= 0.3 is 5.97 Å². The maximum atomic E-state index is 13.3. The first-order chi connectivity index (χ1) is 9.38. The molecule has 0 fully saturated rings. The number of nitro benzene ring substituents is 1. The minimum absolute atomic E-state index is 0.0654. The first kappa shape index (κ1) is 14.5. The summed E-state index contributed by atoms with van der Waals surface area (Å²) in [5.74, 6) is -2.28. The summed E-state index contributed by atoms with van der Waals surface area (Å²) in [7, 11) is 0. The average molecular weight is 362 g/mol. The number of nitro groups is 1. The van der Waals surface area contributed by atoms with Gasteiger partial charge in [0.1, 0.15) is 5.82 Å². The first-order valence-corrected chi connectivity index (χ1v) is 6.64. The van der Waals surface area contributed by atoms with Crippen LogP contribution in [0.25, 0.3) is 0 Å². The fraction of sp³-hybridized carbons (Fsp3) is 0. The van der Waals surface area contributed by atoms with Gasteiger partial charge in [0.2, 0.25) is 5.76 Å². The molecule has 0 bridgehead atoms. The van der Waals surface area contributed by atoms with E-state index in [-0.39, 0.29) is 20.2 Å². The molecule has 0 aliphatic heterocycles. The van der Waals surface area contributed by atoms with Crippen LogP contribution in [0.3, 0.4) is 0 Å². The van der Waals surface area contributed by atoms with Gasteiger partial charge in [-0.05, 0) is 45.9 Å². The number of halogens is 2. The van der Waals surface area contributed by atoms with Crippen LogP contribution in [0, 0.1) is 15.9 Å². The zero-order chi connectivity index (χ0) is 14.9. The van der Waals surface area contributed by atoms with Crippen molar-refractivity contribution in [3.63, 3.8) is 0 Å². The van der Waals surface area contributed by atoms with E-state index < -0.39 is 22.4 Å². The molecule has 0 atom stereocenters. The van der Waals surface area contributed by atoms with E-state index >= 15 is 0 Å². The number of nitrogens with zero attached hydrogens (tertiary/aromatic N) is 1. The van der Waals surface area contributed by atoms with Crippen LogP contribution in [0.15, 0.2) is 43.1 Å². The molecule has 0 aliphatic rings. The number of hydrogen-bond acceptors (Lipinski definition) is 5. The number of carboxylic acid groups (broad SMARTS) is 1. The van der Waals surface area contributed by atoms with Gasteiger partial charge in [-0.3, -0.25) is 10.1 Å². The molecule has 9 heteroatoms. The Hall–Kier alpha value is -1.87. The molecule has 0 aliphatic carbocycles. The summed E-state index contributed by atoms with van der Waals surface area (Å²) in [5, 5.41) is 19.8. The molecule has 20 heavy (non-hydrogen) atoms. The molecule has 2 rings (SSSR count). The molecule has 1 aromatic heterocycles. The smallest absolute Gasteiger partial charge is 0.371 e. The Morgan fingerprint density at radius 3 is 2.70 bits per heavy atom. The van der Waals surface area contributed by atoms with Gasteiger partial charge in [0, 0.05) is 0 Å². The predicted octanol–water partition coefficient (Wildman–Crippen LogP) is 3.94. The van der Waals surface area contributed by atoms with Crippen LogP contribution in [0.1, 0.15) is 10.6 Å². The van der Waals surface area contributed by atoms with E-state index in [1.54, 1.807) is 0 Å². The second-order valence-electron chi connectivity index (χ2n) is 3.52. The summed E-state index contributed by atoms with van der Waals surface area (Å²) in [4.78, 5) is 21.0. The zero-order valence-electron chi connectivity index (χ0n) is 9.50. The fourth-order valence-electron chi connectivity index (χ4n) is 1.34. The average Bonchev–Trinajstić information content (AvgIpc) is 2.82. The lowest BCUT2D eigenvalue weighted by Crippen LogP contribution is -1.93. The molecule has 0 spiro atoms. The van der Waals surface area contributed by atoms with Gasteiger partial charge in [0.25, 0.3) is 5.69 Å². The number of aromatic carboxylic acids is 1. The Kier molecular flexibility index (Phi) is 4.09. The number of rotatable bonds is 4. The van der Waals surface area contributed by atoms with Crippen molar-refractivity contribution in [2.24, 2.45) is 0 Å². The van der Waals surface area contributed by atoms with Gasteiger partial charge in [0.05, 0.1) is 20.4 Å². The molecule has 0 amide bonds. The van der Waals surface area contributed by atoms with Crippen LogP contribution in [-0.2, 0) is 0 Å². The third-order valence-corrected chi connectivity index (χ3v) is 3.78. The third kappa shape index (κ3) is 2.99. The summed E-state index contributed by atoms with van der Waals surface area (Å²) < 4.78 is 18.4. The monoisotopic (exact) mass is 361 g/mol. The van der Waals surface area contributed by atoms with E-state index in [4.69, 9.17) is 9.52 Å². The Morgan fingerprint density at radius 2 is 2.15 bits per heavy atom. The molecular weight excluding hydrogens is 357 g/mol. The Balaban J connectivity index is 2.39. The van der Waals surface area contributed by atoms with E-state index in [0.717, 1.165) is 17.8 Å². The Labute approximate surface area is 123 Å². The van der Waals surface area contributed by atoms with Crippen LogP contribution in [-0.4, -0.2) is 16.0 Å². The third-order valence-electron chi connectivity index (χ3n) is 2.20. The molecule has 2 aromatic rings. The van der Waals surface area contributed by atoms with Crippen LogP contribution in [0.2, 0.25) is 0 Å². The lowest BCUT2D eigenvalue weighted by atomic mass is 10.3. The quantitative estimate of drug-likeness (QED) is 0.654. The molecule has 0 radical (unpaired) electrons. The van der Waals surface area contributed by atoms with Gasteiger partial charge < -0.3 is 9.52 Å². The second kappa shape index (κ2) is 5.63. The van der Waals surface area contributed by atoms with Gasteiger partial charge in [-0.15, -0.1) is 0 Å². The molecule has 1 aromatic carbocycles. The summed E-state index contributed by atoms with van der Waals surface area (Å²) >= 11 is 3.77. The van der Waals surface area contributed by atoms with Crippen molar-refractivity contribution in [1.29, 1.82) is 0 Å². The summed E-state index contributed by atoms with van der Waals surface area (Å²) in [6, 6.07) is 4.62. The molecule has 6 nitrogen and oxygen atoms in total. The number of benzene rings is 1. The first-order valence-electron chi connectivity index (χ1n) is 5.03. The van der Waals surface area contributed by atoms with Crippen LogP contribution >= 0.6 is 27.7 Å². The maximum Gasteiger partial charge on any atom is 0.371 e. The SMILES string of the molecule is O=C(O)c1ccc(Sc2cc(Br)c(F)cc2[N+](=O)[O-])o1. The predicted molar refractivity (Wildman–Crippen MR) is 70.5 cm³/mol. The van der Waals surface area contributed by atoms with Crippen molar-refractivity contribution < 1.29 is 23.6 Å². The normalized spacial score (nSPS) is 10.5. The van der Waals surface area contributed by atoms with Crippen LogP contribution in [0.4, 0.5) is 10.1 Å². The van der Waals surface area contributed by atoms with Crippen molar-refractivity contribution in [1.82, 2.24) is 0 Å². The number of carboxylic acids is 1. The standard InChI is InChI=1S/C11H5BrFNO5S/c12-5-3-9(7(14(17)18)4-6(5)13)20-10-2-1-8(19-10)11(15)16/h1-4H,(H,15,16). The highest BCUT2D eigenvalue weighted by atomic mass is 79.9. The maximum absolute atomic E-state index is 13.3. The highest BCUT2D eigenvalue weighted by molar-refractivity contribution is 9.10. The van der Waals surface area contributed by atoms with Crippen molar-refractivity contribution in [3.8, 4) is 0 Å². The fourth-order valence-corrected chi connectivity index (χ4v) is 2.73. The molecule has 0 unspecified atom stereocenters. The minimum atomic E-state index is -1.24. The van der Waals surface area contributed by atoms with Gasteiger partial charge in [0.15, 0.2) is 5.09 Å². The van der Waals surface area contributed by atoms with Crippen molar-refractivity contribution in [2.45, 2.75) is 9.99 Å². The lowest BCUT2D eigenvalue weighted by molar-refractivity contribution is -0.387. The Bertz CT molecular complexity index is 702. The van der Waals surface area contributed by atoms with Crippen LogP contribution < -0.4 is 0 Å². The molecule has 1 heterocycles. The number of hydrogen-bond donors (Lipinski definition) is 1. The summed E-state index contributed by atoms with van der Waals surface area (Å²) in [5.41, 5.74) is -0.427. The van der Waals surface area contributed by atoms with Gasteiger partial charge in [-0.1, -0.05) is 0 Å². The van der Waals surface area contributed by atoms with E-state index in [0.29, 0.717) is 0 Å². The molecule has 104 valence electrons. The molecular formula is C11H5BrFNO5S. The van der Waals surface area contributed by atoms with Crippen molar-refractivity contribution in [2.75, 3.05) is 0 Å². The Morgan fingerprint density at radius 1 is 1.45 bits per heavy atom. The van der Waals surface area contributed by atoms with Crippen LogP contribution in [0.5, 0.6) is 0 Å².